The van der Waals surface area contributed by atoms with E-state index in [0.717, 1.165) is 0 Å². The van der Waals surface area contributed by atoms with Crippen molar-refractivity contribution in [3.05, 3.63) is 23.9 Å². The van der Waals surface area contributed by atoms with Crippen LogP contribution in [0.3, 0.4) is 0 Å². The number of phenols is 1. The van der Waals surface area contributed by atoms with Crippen LogP contribution in [-0.2, 0) is 4.79 Å². The first-order chi connectivity index (χ1) is 9.45. The van der Waals surface area contributed by atoms with E-state index in [1.807, 2.05) is 0 Å². The maximum atomic E-state index is 11.3. The van der Waals surface area contributed by atoms with Crippen LogP contribution in [-0.4, -0.2) is 29.0 Å². The third-order valence-electron chi connectivity index (χ3n) is 2.75. The first-order valence-electron chi connectivity index (χ1n) is 5.71. The lowest BCUT2D eigenvalue weighted by Crippen LogP contribution is -2.12. The Morgan fingerprint density at radius 3 is 2.70 bits per heavy atom. The average molecular weight is 275 g/mol. The molecule has 7 heteroatoms. The maximum absolute atomic E-state index is 11.3. The highest BCUT2D eigenvalue weighted by atomic mass is 16.5. The van der Waals surface area contributed by atoms with Crippen LogP contribution in [0.5, 0.6) is 11.5 Å². The lowest BCUT2D eigenvalue weighted by Gasteiger charge is -2.13. The summed E-state index contributed by atoms with van der Waals surface area (Å²) >= 11 is 0. The third-order valence-corrected chi connectivity index (χ3v) is 2.75. The number of nitrogens with zero attached hydrogens (tertiary/aromatic N) is 1. The number of anilines is 1. The summed E-state index contributed by atoms with van der Waals surface area (Å²) in [5.41, 5.74) is 5.65. The molecule has 104 valence electrons. The molecule has 0 saturated carbocycles. The minimum Gasteiger partial charge on any atom is -0.505 e. The van der Waals surface area contributed by atoms with Crippen molar-refractivity contribution in [3.8, 4) is 11.5 Å². The first-order valence-corrected chi connectivity index (χ1v) is 5.71. The van der Waals surface area contributed by atoms with Crippen LogP contribution in [0.25, 0.3) is 10.9 Å². The molecule has 0 bridgehead atoms. The topological polar surface area (TPSA) is 115 Å². The number of methoxy groups -OCH3 is 1. The number of ether oxygens (including phenoxy) is 1. The summed E-state index contributed by atoms with van der Waals surface area (Å²) in [6.45, 7) is 1.36. The number of carbonyl (C=O) groups excluding carboxylic acids is 2. The van der Waals surface area contributed by atoms with E-state index in [1.165, 1.54) is 26.3 Å². The molecule has 0 aliphatic heterocycles. The van der Waals surface area contributed by atoms with Crippen molar-refractivity contribution in [1.82, 2.24) is 4.98 Å². The van der Waals surface area contributed by atoms with E-state index in [-0.39, 0.29) is 28.5 Å². The number of benzene rings is 1. The van der Waals surface area contributed by atoms with Crippen LogP contribution in [0.15, 0.2) is 18.3 Å². The molecule has 0 spiro atoms. The quantitative estimate of drug-likeness (QED) is 0.773. The number of nitrogens with one attached hydrogen (secondary N) is 1. The Labute approximate surface area is 114 Å². The third kappa shape index (κ3) is 2.20. The van der Waals surface area contributed by atoms with E-state index in [9.17, 15) is 14.7 Å². The van der Waals surface area contributed by atoms with Crippen LogP contribution < -0.4 is 15.8 Å². The second-order valence-corrected chi connectivity index (χ2v) is 4.10. The second-order valence-electron chi connectivity index (χ2n) is 4.10. The number of aromatic nitrogens is 1. The zero-order valence-electron chi connectivity index (χ0n) is 10.9. The number of hydrogen-bond donors (Lipinski definition) is 3. The molecule has 0 aliphatic rings. The molecule has 0 fully saturated rings. The summed E-state index contributed by atoms with van der Waals surface area (Å²) in [6.07, 6.45) is 1.40. The summed E-state index contributed by atoms with van der Waals surface area (Å²) in [4.78, 5) is 26.5. The van der Waals surface area contributed by atoms with Gasteiger partial charge in [-0.15, -0.1) is 0 Å². The van der Waals surface area contributed by atoms with Crippen molar-refractivity contribution in [2.45, 2.75) is 6.92 Å². The van der Waals surface area contributed by atoms with Gasteiger partial charge in [-0.3, -0.25) is 14.6 Å². The lowest BCUT2D eigenvalue weighted by molar-refractivity contribution is -0.114. The number of pyridine rings is 1. The molecule has 2 amide bonds. The molecule has 0 radical (unpaired) electrons. The molecular formula is C13H13N3O4. The summed E-state index contributed by atoms with van der Waals surface area (Å²) in [7, 11) is 1.40. The molecule has 1 aromatic carbocycles. The summed E-state index contributed by atoms with van der Waals surface area (Å²) in [6, 6.07) is 2.88. The predicted molar refractivity (Wildman–Crippen MR) is 72.8 cm³/mol. The molecule has 20 heavy (non-hydrogen) atoms. The first kappa shape index (κ1) is 13.6. The molecule has 2 aromatic rings. The molecule has 1 aromatic heterocycles. The predicted octanol–water partition coefficient (Wildman–Crippen LogP) is 1.01. The number of aromatic hydroxyl groups is 1. The van der Waals surface area contributed by atoms with E-state index >= 15 is 0 Å². The molecule has 1 heterocycles. The van der Waals surface area contributed by atoms with Gasteiger partial charge >= 0.3 is 0 Å². The number of nitrogens with two attached hydrogens (primary N) is 1. The van der Waals surface area contributed by atoms with Gasteiger partial charge in [0, 0.05) is 13.1 Å². The van der Waals surface area contributed by atoms with Crippen molar-refractivity contribution in [2.24, 2.45) is 5.73 Å². The second kappa shape index (κ2) is 5.04. The average Bonchev–Trinajstić information content (AvgIpc) is 2.39. The largest absolute Gasteiger partial charge is 0.505 e. The van der Waals surface area contributed by atoms with Gasteiger partial charge in [-0.2, -0.15) is 0 Å². The van der Waals surface area contributed by atoms with Crippen molar-refractivity contribution in [3.63, 3.8) is 0 Å². The van der Waals surface area contributed by atoms with Gasteiger partial charge < -0.3 is 20.9 Å². The Morgan fingerprint density at radius 1 is 1.45 bits per heavy atom. The van der Waals surface area contributed by atoms with Gasteiger partial charge in [-0.25, -0.2) is 0 Å². The van der Waals surface area contributed by atoms with Crippen LogP contribution >= 0.6 is 0 Å². The number of amides is 2. The Morgan fingerprint density at radius 2 is 2.15 bits per heavy atom. The molecule has 4 N–H and O–H groups in total. The maximum Gasteiger partial charge on any atom is 0.252 e. The summed E-state index contributed by atoms with van der Waals surface area (Å²) < 4.78 is 5.19. The van der Waals surface area contributed by atoms with Crippen molar-refractivity contribution in [1.29, 1.82) is 0 Å². The highest BCUT2D eigenvalue weighted by molar-refractivity contribution is 6.09. The number of rotatable bonds is 3. The fourth-order valence-electron chi connectivity index (χ4n) is 1.93. The SMILES string of the molecule is COc1cc(C(N)=O)c(O)c2nccc(NC(C)=O)c12. The van der Waals surface area contributed by atoms with Gasteiger partial charge in [0.15, 0.2) is 5.75 Å². The van der Waals surface area contributed by atoms with Crippen molar-refractivity contribution < 1.29 is 19.4 Å². The molecule has 0 aliphatic carbocycles. The van der Waals surface area contributed by atoms with Crippen LogP contribution in [0.4, 0.5) is 5.69 Å². The van der Waals surface area contributed by atoms with Crippen LogP contribution in [0.2, 0.25) is 0 Å². The van der Waals surface area contributed by atoms with Gasteiger partial charge in [-0.1, -0.05) is 0 Å². The molecule has 2 rings (SSSR count). The van der Waals surface area contributed by atoms with Gasteiger partial charge in [0.2, 0.25) is 5.91 Å². The van der Waals surface area contributed by atoms with E-state index in [4.69, 9.17) is 10.5 Å². The zero-order chi connectivity index (χ0) is 14.9. The normalized spacial score (nSPS) is 10.3. The fraction of sp³-hybridized carbons (Fsp3) is 0.154. The molecule has 7 nitrogen and oxygen atoms in total. The van der Waals surface area contributed by atoms with Gasteiger partial charge in [0.1, 0.15) is 11.3 Å². The Balaban J connectivity index is 2.85. The van der Waals surface area contributed by atoms with E-state index in [2.05, 4.69) is 10.3 Å². The molecular weight excluding hydrogens is 262 g/mol. The smallest absolute Gasteiger partial charge is 0.252 e. The summed E-state index contributed by atoms with van der Waals surface area (Å²) in [5.74, 6) is -1.14. The monoisotopic (exact) mass is 275 g/mol. The fourth-order valence-corrected chi connectivity index (χ4v) is 1.93. The lowest BCUT2D eigenvalue weighted by atomic mass is 10.1. The Bertz CT molecular complexity index is 712. The highest BCUT2D eigenvalue weighted by Crippen LogP contribution is 2.38. The molecule has 0 atom stereocenters. The Hall–Kier alpha value is -2.83. The van der Waals surface area contributed by atoms with Gasteiger partial charge in [0.25, 0.3) is 5.91 Å². The van der Waals surface area contributed by atoms with E-state index < -0.39 is 5.91 Å². The minimum absolute atomic E-state index is 0.0955. The van der Waals surface area contributed by atoms with Crippen LogP contribution in [0, 0.1) is 0 Å². The standard InChI is InChI=1S/C13H13N3O4/c1-6(17)16-8-3-4-15-11-10(8)9(20-2)5-7(12(11)18)13(14)19/h3-5,18H,1-2H3,(H2,14,19)(H,15,16,17). The van der Waals surface area contributed by atoms with Gasteiger partial charge in [-0.05, 0) is 12.1 Å². The molecule has 0 unspecified atom stereocenters. The van der Waals surface area contributed by atoms with Crippen LogP contribution in [0.1, 0.15) is 17.3 Å². The van der Waals surface area contributed by atoms with Gasteiger partial charge in [0.05, 0.1) is 23.7 Å². The van der Waals surface area contributed by atoms with E-state index in [1.54, 1.807) is 6.07 Å². The van der Waals surface area contributed by atoms with Crippen molar-refractivity contribution >= 4 is 28.4 Å². The number of carbonyl (C=O) groups is 2. The minimum atomic E-state index is -0.797. The van der Waals surface area contributed by atoms with Crippen molar-refractivity contribution in [2.75, 3.05) is 12.4 Å². The highest BCUT2D eigenvalue weighted by Gasteiger charge is 2.19. The molecule has 0 saturated heterocycles. The number of fused-ring (bicyclic) bond motifs is 1. The Kier molecular flexibility index (Phi) is 3.43. The summed E-state index contributed by atoms with van der Waals surface area (Å²) in [5, 5.41) is 13.1. The zero-order valence-corrected chi connectivity index (χ0v) is 10.9. The number of primary amides is 1. The van der Waals surface area contributed by atoms with E-state index in [0.29, 0.717) is 11.1 Å². The number of hydrogen-bond acceptors (Lipinski definition) is 5.